The highest BCUT2D eigenvalue weighted by Crippen LogP contribution is 2.23. The molecule has 12 heteroatoms. The number of rotatable bonds is 6. The van der Waals surface area contributed by atoms with E-state index in [0.29, 0.717) is 65.2 Å². The van der Waals surface area contributed by atoms with Crippen molar-refractivity contribution >= 4 is 26.1 Å². The van der Waals surface area contributed by atoms with Gasteiger partial charge in [-0.1, -0.05) is 6.92 Å². The molecule has 10 nitrogen and oxygen atoms in total. The fourth-order valence-corrected chi connectivity index (χ4v) is 7.27. The summed E-state index contributed by atoms with van der Waals surface area (Å²) in [6.45, 7) is 5.22. The fourth-order valence-electron chi connectivity index (χ4n) is 4.12. The van der Waals surface area contributed by atoms with Crippen LogP contribution < -0.4 is 0 Å². The third-order valence-corrected chi connectivity index (χ3v) is 9.84. The van der Waals surface area contributed by atoms with Crippen LogP contribution >= 0.6 is 0 Å². The van der Waals surface area contributed by atoms with E-state index < -0.39 is 20.2 Å². The monoisotopic (exact) mass is 452 g/mol. The Balaban J connectivity index is 1.55. The number of amides is 1. The van der Waals surface area contributed by atoms with Crippen LogP contribution in [-0.4, -0.2) is 112 Å². The Hall–Kier alpha value is -0.790. The average molecular weight is 453 g/mol. The number of carbonyl (C=O) groups is 1. The number of morpholine rings is 1. The number of piperazine rings is 1. The van der Waals surface area contributed by atoms with Crippen molar-refractivity contribution in [3.63, 3.8) is 0 Å². The Morgan fingerprint density at radius 1 is 0.897 bits per heavy atom. The van der Waals surface area contributed by atoms with Gasteiger partial charge in [0.1, 0.15) is 0 Å². The van der Waals surface area contributed by atoms with E-state index in [9.17, 15) is 21.6 Å². The SMILES string of the molecule is CCCS(=O)(=O)N1CCCC(C(=O)N2CCN(S(=O)(=O)N3CCOCC3)CC2)C1. The molecule has 0 aliphatic carbocycles. The Kier molecular flexibility index (Phi) is 7.55. The summed E-state index contributed by atoms with van der Waals surface area (Å²) in [5, 5.41) is 0. The first-order valence-corrected chi connectivity index (χ1v) is 13.4. The molecule has 3 aliphatic heterocycles. The van der Waals surface area contributed by atoms with Crippen molar-refractivity contribution < 1.29 is 26.4 Å². The zero-order chi connectivity index (χ0) is 21.1. The van der Waals surface area contributed by atoms with Crippen molar-refractivity contribution in [1.82, 2.24) is 17.8 Å². The van der Waals surface area contributed by atoms with Crippen molar-refractivity contribution in [3.05, 3.63) is 0 Å². The van der Waals surface area contributed by atoms with Gasteiger partial charge in [0.05, 0.1) is 24.9 Å². The molecule has 0 spiro atoms. The van der Waals surface area contributed by atoms with E-state index in [1.54, 1.807) is 4.90 Å². The van der Waals surface area contributed by atoms with Gasteiger partial charge in [0.25, 0.3) is 10.2 Å². The zero-order valence-corrected chi connectivity index (χ0v) is 18.7. The van der Waals surface area contributed by atoms with Crippen LogP contribution in [-0.2, 0) is 29.8 Å². The second kappa shape index (κ2) is 9.56. The minimum Gasteiger partial charge on any atom is -0.379 e. The van der Waals surface area contributed by atoms with E-state index in [4.69, 9.17) is 4.74 Å². The van der Waals surface area contributed by atoms with E-state index in [1.807, 2.05) is 6.92 Å². The van der Waals surface area contributed by atoms with Crippen molar-refractivity contribution in [3.8, 4) is 0 Å². The minimum atomic E-state index is -3.53. The number of hydrogen-bond acceptors (Lipinski definition) is 6. The molecule has 0 aromatic carbocycles. The first-order chi connectivity index (χ1) is 13.8. The average Bonchev–Trinajstić information content (AvgIpc) is 2.74. The van der Waals surface area contributed by atoms with Crippen molar-refractivity contribution in [2.45, 2.75) is 26.2 Å². The number of nitrogens with zero attached hydrogens (tertiary/aromatic N) is 4. The van der Waals surface area contributed by atoms with Crippen LogP contribution in [0, 0.1) is 5.92 Å². The summed E-state index contributed by atoms with van der Waals surface area (Å²) in [6, 6.07) is 0. The van der Waals surface area contributed by atoms with Gasteiger partial charge >= 0.3 is 0 Å². The Labute approximate surface area is 174 Å². The summed E-state index contributed by atoms with van der Waals surface area (Å²) in [6.07, 6.45) is 1.89. The van der Waals surface area contributed by atoms with Crippen LogP contribution in [0.1, 0.15) is 26.2 Å². The maximum Gasteiger partial charge on any atom is 0.282 e. The van der Waals surface area contributed by atoms with Crippen LogP contribution in [0.15, 0.2) is 0 Å². The van der Waals surface area contributed by atoms with Gasteiger partial charge in [0.2, 0.25) is 15.9 Å². The van der Waals surface area contributed by atoms with Gasteiger partial charge in [0.15, 0.2) is 0 Å². The smallest absolute Gasteiger partial charge is 0.282 e. The lowest BCUT2D eigenvalue weighted by molar-refractivity contribution is -0.137. The van der Waals surface area contributed by atoms with Gasteiger partial charge in [-0.25, -0.2) is 12.7 Å². The Morgan fingerprint density at radius 3 is 2.14 bits per heavy atom. The molecule has 0 radical (unpaired) electrons. The third kappa shape index (κ3) is 5.28. The van der Waals surface area contributed by atoms with Crippen LogP contribution in [0.3, 0.4) is 0 Å². The maximum atomic E-state index is 13.0. The summed E-state index contributed by atoms with van der Waals surface area (Å²) in [5.74, 6) is -0.311. The highest BCUT2D eigenvalue weighted by atomic mass is 32.2. The molecule has 3 heterocycles. The van der Waals surface area contributed by atoms with Gasteiger partial charge < -0.3 is 9.64 Å². The number of carbonyl (C=O) groups excluding carboxylic acids is 1. The molecule has 3 rings (SSSR count). The quantitative estimate of drug-likeness (QED) is 0.520. The van der Waals surface area contributed by atoms with E-state index in [0.717, 1.165) is 0 Å². The summed E-state index contributed by atoms with van der Waals surface area (Å²) in [4.78, 5) is 14.6. The minimum absolute atomic E-state index is 0.0650. The molecule has 168 valence electrons. The normalized spacial score (nSPS) is 26.5. The largest absolute Gasteiger partial charge is 0.379 e. The molecule has 29 heavy (non-hydrogen) atoms. The molecular weight excluding hydrogens is 420 g/mol. The van der Waals surface area contributed by atoms with Gasteiger partial charge in [-0.05, 0) is 19.3 Å². The molecule has 0 aromatic rings. The van der Waals surface area contributed by atoms with Gasteiger partial charge in [0, 0.05) is 52.4 Å². The molecular formula is C17H32N4O6S2. The lowest BCUT2D eigenvalue weighted by Gasteiger charge is -2.40. The molecule has 0 saturated carbocycles. The highest BCUT2D eigenvalue weighted by molar-refractivity contribution is 7.89. The molecule has 0 bridgehead atoms. The van der Waals surface area contributed by atoms with E-state index in [-0.39, 0.29) is 37.2 Å². The van der Waals surface area contributed by atoms with Crippen LogP contribution in [0.5, 0.6) is 0 Å². The van der Waals surface area contributed by atoms with E-state index in [2.05, 4.69) is 0 Å². The number of ether oxygens (including phenoxy) is 1. The predicted octanol–water partition coefficient (Wildman–Crippen LogP) is -0.841. The van der Waals surface area contributed by atoms with Gasteiger partial charge in [-0.15, -0.1) is 0 Å². The third-order valence-electron chi connectivity index (χ3n) is 5.76. The van der Waals surface area contributed by atoms with E-state index >= 15 is 0 Å². The highest BCUT2D eigenvalue weighted by Gasteiger charge is 2.37. The summed E-state index contributed by atoms with van der Waals surface area (Å²) in [5.41, 5.74) is 0. The maximum absolute atomic E-state index is 13.0. The number of hydrogen-bond donors (Lipinski definition) is 0. The lowest BCUT2D eigenvalue weighted by atomic mass is 9.98. The van der Waals surface area contributed by atoms with Gasteiger partial charge in [-0.2, -0.15) is 17.0 Å². The molecule has 1 unspecified atom stereocenters. The molecule has 3 aliphatic rings. The summed E-state index contributed by atoms with van der Waals surface area (Å²) in [7, 11) is -6.84. The van der Waals surface area contributed by atoms with Crippen molar-refractivity contribution in [2.75, 3.05) is 71.3 Å². The summed E-state index contributed by atoms with van der Waals surface area (Å²) >= 11 is 0. The van der Waals surface area contributed by atoms with E-state index in [1.165, 1.54) is 12.9 Å². The first-order valence-electron chi connectivity index (χ1n) is 10.4. The van der Waals surface area contributed by atoms with Crippen LogP contribution in [0.2, 0.25) is 0 Å². The molecule has 1 atom stereocenters. The first kappa shape index (κ1) is 22.9. The number of sulfonamides is 1. The number of piperidine rings is 1. The Morgan fingerprint density at radius 2 is 1.52 bits per heavy atom. The topological polar surface area (TPSA) is 108 Å². The predicted molar refractivity (Wildman–Crippen MR) is 108 cm³/mol. The van der Waals surface area contributed by atoms with Crippen molar-refractivity contribution in [1.29, 1.82) is 0 Å². The molecule has 3 fully saturated rings. The fraction of sp³-hybridized carbons (Fsp3) is 0.941. The second-order valence-electron chi connectivity index (χ2n) is 7.76. The molecule has 3 saturated heterocycles. The molecule has 1 amide bonds. The summed E-state index contributed by atoms with van der Waals surface area (Å²) < 4.78 is 59.7. The molecule has 0 aromatic heterocycles. The molecule has 0 N–H and O–H groups in total. The second-order valence-corrected chi connectivity index (χ2v) is 11.8. The zero-order valence-electron chi connectivity index (χ0n) is 17.0. The Bertz CT molecular complexity index is 774. The lowest BCUT2D eigenvalue weighted by Crippen LogP contribution is -2.57. The van der Waals surface area contributed by atoms with Gasteiger partial charge in [-0.3, -0.25) is 4.79 Å². The standard InChI is InChI=1S/C17H32N4O6S2/c1-2-14-28(23,24)21-5-3-4-16(15-21)17(22)18-6-8-19(9-7-18)29(25,26)20-10-12-27-13-11-20/h16H,2-15H2,1H3. The van der Waals surface area contributed by atoms with Crippen LogP contribution in [0.4, 0.5) is 0 Å². The van der Waals surface area contributed by atoms with Crippen LogP contribution in [0.25, 0.3) is 0 Å². The van der Waals surface area contributed by atoms with Crippen molar-refractivity contribution in [2.24, 2.45) is 5.92 Å².